The van der Waals surface area contributed by atoms with E-state index in [0.717, 1.165) is 112 Å². The molecule has 0 saturated carbocycles. The van der Waals surface area contributed by atoms with Gasteiger partial charge in [-0.15, -0.1) is 49.6 Å². The van der Waals surface area contributed by atoms with E-state index in [4.69, 9.17) is 14.7 Å². The molecule has 0 unspecified atom stereocenters. The fraction of sp³-hybridized carbons (Fsp3) is 0.667. The number of ether oxygens (including phenoxy) is 1. The average molecular weight is 667 g/mol. The number of nitrogens with zero attached hydrogens (tertiary/aromatic N) is 6. The first-order valence-corrected chi connectivity index (χ1v) is 14.7. The summed E-state index contributed by atoms with van der Waals surface area (Å²) in [6.07, 6.45) is 6.89. The van der Waals surface area contributed by atoms with Gasteiger partial charge in [0.05, 0.1) is 0 Å². The molecule has 1 atom stereocenters. The molecule has 3 saturated heterocycles. The lowest BCUT2D eigenvalue weighted by Crippen LogP contribution is -2.54. The number of fused-ring (bicyclic) bond motifs is 1. The third-order valence-electron chi connectivity index (χ3n) is 9.35. The topological polar surface area (TPSA) is 68.2 Å². The highest BCUT2D eigenvalue weighted by Crippen LogP contribution is 2.43. The van der Waals surface area contributed by atoms with Gasteiger partial charge in [-0.3, -0.25) is 4.90 Å². The van der Waals surface area contributed by atoms with Crippen LogP contribution in [0.25, 0.3) is 0 Å². The van der Waals surface area contributed by atoms with Gasteiger partial charge in [0.15, 0.2) is 0 Å². The van der Waals surface area contributed by atoms with E-state index in [2.05, 4.69) is 39.5 Å². The Kier molecular flexibility index (Phi) is 13.0. The van der Waals surface area contributed by atoms with E-state index in [0.29, 0.717) is 5.75 Å². The van der Waals surface area contributed by atoms with Crippen molar-refractivity contribution < 1.29 is 9.84 Å². The zero-order valence-electron chi connectivity index (χ0n) is 25.4. The molecular formula is C30H48Cl4N6O2. The van der Waals surface area contributed by atoms with Crippen LogP contribution in [0.1, 0.15) is 61.3 Å². The maximum Gasteiger partial charge on any atom is 0.229 e. The van der Waals surface area contributed by atoms with Crippen LogP contribution in [0.4, 0.5) is 17.6 Å². The summed E-state index contributed by atoms with van der Waals surface area (Å²) in [5.74, 6) is 4.52. The fourth-order valence-electron chi connectivity index (χ4n) is 6.75. The molecule has 0 bridgehead atoms. The Balaban J connectivity index is 0.00000154. The van der Waals surface area contributed by atoms with Crippen LogP contribution in [0.3, 0.4) is 0 Å². The molecule has 1 aromatic carbocycles. The first-order chi connectivity index (χ1) is 18.3. The molecule has 3 fully saturated rings. The van der Waals surface area contributed by atoms with Gasteiger partial charge in [0.25, 0.3) is 0 Å². The Morgan fingerprint density at radius 2 is 1.26 bits per heavy atom. The summed E-state index contributed by atoms with van der Waals surface area (Å²) in [6.45, 7) is 17.5. The fourth-order valence-corrected chi connectivity index (χ4v) is 6.75. The largest absolute Gasteiger partial charge is 0.507 e. The average Bonchev–Trinajstić information content (AvgIpc) is 3.66. The van der Waals surface area contributed by atoms with Crippen molar-refractivity contribution in [3.8, 4) is 11.5 Å². The lowest BCUT2D eigenvalue weighted by Gasteiger charge is -2.43. The minimum atomic E-state index is -0.226. The molecule has 1 N–H and O–H groups in total. The first kappa shape index (κ1) is 36.6. The van der Waals surface area contributed by atoms with Gasteiger partial charge in [0, 0.05) is 70.5 Å². The third kappa shape index (κ3) is 7.20. The van der Waals surface area contributed by atoms with Crippen LogP contribution in [0.5, 0.6) is 11.5 Å². The van der Waals surface area contributed by atoms with Crippen LogP contribution in [-0.4, -0.2) is 84.5 Å². The smallest absolute Gasteiger partial charge is 0.229 e. The van der Waals surface area contributed by atoms with E-state index in [1.54, 1.807) is 0 Å². The number of anilines is 3. The summed E-state index contributed by atoms with van der Waals surface area (Å²) in [4.78, 5) is 19.9. The maximum absolute atomic E-state index is 10.5. The zero-order valence-corrected chi connectivity index (χ0v) is 28.6. The normalized spacial score (nSPS) is 21.9. The van der Waals surface area contributed by atoms with Crippen molar-refractivity contribution in [1.29, 1.82) is 0 Å². The van der Waals surface area contributed by atoms with Crippen molar-refractivity contribution in [1.82, 2.24) is 14.9 Å². The van der Waals surface area contributed by atoms with E-state index in [-0.39, 0.29) is 55.2 Å². The van der Waals surface area contributed by atoms with Gasteiger partial charge in [-0.1, -0.05) is 0 Å². The molecule has 5 heterocycles. The van der Waals surface area contributed by atoms with Crippen LogP contribution in [0.2, 0.25) is 0 Å². The maximum atomic E-state index is 10.5. The summed E-state index contributed by atoms with van der Waals surface area (Å²) < 4.78 is 6.73. The van der Waals surface area contributed by atoms with Crippen molar-refractivity contribution in [2.45, 2.75) is 71.8 Å². The highest BCUT2D eigenvalue weighted by Gasteiger charge is 2.37. The Morgan fingerprint density at radius 1 is 0.738 bits per heavy atom. The number of halogens is 4. The van der Waals surface area contributed by atoms with Gasteiger partial charge in [0.2, 0.25) is 5.95 Å². The van der Waals surface area contributed by atoms with Crippen molar-refractivity contribution in [3.05, 3.63) is 28.3 Å². The van der Waals surface area contributed by atoms with Gasteiger partial charge in [0.1, 0.15) is 28.7 Å². The van der Waals surface area contributed by atoms with Crippen molar-refractivity contribution >= 4 is 67.2 Å². The standard InChI is InChI=1S/C30H44N6O2.4ClH/c1-21-22(2)28-24(23(3)27(21)37)9-10-30(4,38-28)20-33-15-17-35(18-16-33)26-19-25(34-11-5-6-12-34)31-29(32-26)36-13-7-8-14-36;;;;/h19,37H,5-18,20H2,1-4H3;4*1H/t30-;;;;/m1..../s1. The van der Waals surface area contributed by atoms with Gasteiger partial charge < -0.3 is 24.5 Å². The van der Waals surface area contributed by atoms with Crippen LogP contribution >= 0.6 is 49.6 Å². The molecule has 238 valence electrons. The minimum absolute atomic E-state index is 0. The van der Waals surface area contributed by atoms with Crippen LogP contribution in [0, 0.1) is 20.8 Å². The summed E-state index contributed by atoms with van der Waals surface area (Å²) in [5.41, 5.74) is 3.94. The Bertz CT molecular complexity index is 1170. The molecule has 2 aromatic rings. The molecule has 4 aliphatic heterocycles. The molecule has 42 heavy (non-hydrogen) atoms. The summed E-state index contributed by atoms with van der Waals surface area (Å²) in [6, 6.07) is 2.23. The molecule has 1 aromatic heterocycles. The lowest BCUT2D eigenvalue weighted by atomic mass is 9.87. The van der Waals surface area contributed by atoms with E-state index in [1.807, 2.05) is 13.8 Å². The summed E-state index contributed by atoms with van der Waals surface area (Å²) in [5, 5.41) is 10.5. The molecule has 0 aliphatic carbocycles. The van der Waals surface area contributed by atoms with Crippen molar-refractivity contribution in [2.75, 3.05) is 73.6 Å². The zero-order chi connectivity index (χ0) is 26.4. The molecule has 0 amide bonds. The Labute approximate surface area is 276 Å². The SMILES string of the molecule is Cc1c(C)c2c(c(C)c1O)CC[C@](C)(CN1CCN(c3cc(N4CCCC4)nc(N4CCCC4)n3)CC1)O2.Cl.Cl.Cl.Cl. The quantitative estimate of drug-likeness (QED) is 0.424. The molecule has 4 aliphatic rings. The highest BCUT2D eigenvalue weighted by molar-refractivity contribution is 5.86. The number of aromatic hydroxyl groups is 1. The predicted octanol–water partition coefficient (Wildman–Crippen LogP) is 5.90. The number of hydrogen-bond acceptors (Lipinski definition) is 8. The molecule has 0 spiro atoms. The van der Waals surface area contributed by atoms with Gasteiger partial charge in [-0.25, -0.2) is 0 Å². The van der Waals surface area contributed by atoms with Crippen molar-refractivity contribution in [3.63, 3.8) is 0 Å². The van der Waals surface area contributed by atoms with E-state index >= 15 is 0 Å². The summed E-state index contributed by atoms with van der Waals surface area (Å²) in [7, 11) is 0. The second kappa shape index (κ2) is 14.9. The van der Waals surface area contributed by atoms with Crippen LogP contribution in [0.15, 0.2) is 6.07 Å². The number of phenolic OH excluding ortho intramolecular Hbond substituents is 1. The number of phenols is 1. The second-order valence-electron chi connectivity index (χ2n) is 12.1. The number of piperazine rings is 1. The molecule has 8 nitrogen and oxygen atoms in total. The lowest BCUT2D eigenvalue weighted by molar-refractivity contribution is 0.0226. The monoisotopic (exact) mass is 664 g/mol. The van der Waals surface area contributed by atoms with Gasteiger partial charge in [-0.05, 0) is 82.9 Å². The number of aromatic nitrogens is 2. The minimum Gasteiger partial charge on any atom is -0.507 e. The third-order valence-corrected chi connectivity index (χ3v) is 9.35. The number of hydrogen-bond donors (Lipinski definition) is 1. The van der Waals surface area contributed by atoms with E-state index in [9.17, 15) is 5.11 Å². The second-order valence-corrected chi connectivity index (χ2v) is 12.1. The van der Waals surface area contributed by atoms with E-state index < -0.39 is 0 Å². The molecule has 6 rings (SSSR count). The first-order valence-electron chi connectivity index (χ1n) is 14.7. The van der Waals surface area contributed by atoms with Gasteiger partial charge in [-0.2, -0.15) is 9.97 Å². The highest BCUT2D eigenvalue weighted by atomic mass is 35.5. The molecule has 12 heteroatoms. The van der Waals surface area contributed by atoms with E-state index in [1.165, 1.54) is 31.2 Å². The number of benzene rings is 1. The predicted molar refractivity (Wildman–Crippen MR) is 182 cm³/mol. The van der Waals surface area contributed by atoms with Crippen LogP contribution < -0.4 is 19.4 Å². The Morgan fingerprint density at radius 3 is 1.83 bits per heavy atom. The Hall–Kier alpha value is -1.58. The van der Waals surface area contributed by atoms with Crippen LogP contribution in [-0.2, 0) is 6.42 Å². The van der Waals surface area contributed by atoms with Gasteiger partial charge >= 0.3 is 0 Å². The van der Waals surface area contributed by atoms with Crippen molar-refractivity contribution in [2.24, 2.45) is 0 Å². The summed E-state index contributed by atoms with van der Waals surface area (Å²) >= 11 is 0. The molecule has 0 radical (unpaired) electrons. The number of rotatable bonds is 5. The molecular weight excluding hydrogens is 618 g/mol.